The number of hydrogen-bond donors (Lipinski definition) is 0. The van der Waals surface area contributed by atoms with Gasteiger partial charge in [0.05, 0.1) is 17.5 Å². The van der Waals surface area contributed by atoms with Gasteiger partial charge in [0.2, 0.25) is 17.6 Å². The molecule has 0 spiro atoms. The smallest absolute Gasteiger partial charge is 0.237 e. The Hall–Kier alpha value is -2.95. The van der Waals surface area contributed by atoms with Gasteiger partial charge in [-0.15, -0.1) is 0 Å². The zero-order chi connectivity index (χ0) is 20.5. The molecule has 1 heterocycles. The van der Waals surface area contributed by atoms with Crippen molar-refractivity contribution in [1.29, 1.82) is 0 Å². The molecule has 5 nitrogen and oxygen atoms in total. The molecule has 2 fully saturated rings. The molecule has 150 valence electrons. The topological polar surface area (TPSA) is 63.7 Å². The molecule has 2 aromatic rings. The van der Waals surface area contributed by atoms with Crippen molar-refractivity contribution in [3.63, 3.8) is 0 Å². The van der Waals surface area contributed by atoms with E-state index in [1.165, 1.54) is 4.90 Å². The molecule has 0 bridgehead atoms. The summed E-state index contributed by atoms with van der Waals surface area (Å²) in [4.78, 5) is 39.3. The van der Waals surface area contributed by atoms with Crippen LogP contribution in [0.4, 0.5) is 5.69 Å². The second-order valence-electron chi connectivity index (χ2n) is 7.99. The first kappa shape index (κ1) is 19.4. The van der Waals surface area contributed by atoms with Gasteiger partial charge in [-0.3, -0.25) is 19.3 Å². The number of aryl methyl sites for hydroxylation is 1. The minimum atomic E-state index is -0.638. The van der Waals surface area contributed by atoms with Crippen molar-refractivity contribution in [3.8, 4) is 5.75 Å². The number of rotatable bonds is 5. The predicted molar refractivity (Wildman–Crippen MR) is 110 cm³/mol. The van der Waals surface area contributed by atoms with E-state index in [0.29, 0.717) is 17.0 Å². The van der Waals surface area contributed by atoms with Crippen molar-refractivity contribution in [2.45, 2.75) is 45.6 Å². The number of imide groups is 1. The van der Waals surface area contributed by atoms with Gasteiger partial charge in [0.1, 0.15) is 5.75 Å². The number of fused-ring (bicyclic) bond motifs is 1. The summed E-state index contributed by atoms with van der Waals surface area (Å²) < 4.78 is 5.79. The van der Waals surface area contributed by atoms with Crippen LogP contribution in [0.2, 0.25) is 0 Å². The standard InChI is InChI=1S/C24H25NO4/c1-15-7-9-17(10-8-15)22(26)16(2)29-19-13-11-18(12-14-19)25-23(27)20-5-3-4-6-21(20)24(25)28/h7-14,16,20-21H,3-6H2,1-2H3/t16-,20-,21+/m1/s1. The molecular formula is C24H25NO4. The van der Waals surface area contributed by atoms with Gasteiger partial charge >= 0.3 is 0 Å². The van der Waals surface area contributed by atoms with Crippen LogP contribution in [-0.2, 0) is 9.59 Å². The number of carbonyl (C=O) groups is 3. The van der Waals surface area contributed by atoms with Gasteiger partial charge in [0.25, 0.3) is 0 Å². The molecule has 0 unspecified atom stereocenters. The Morgan fingerprint density at radius 3 is 2.03 bits per heavy atom. The number of anilines is 1. The second-order valence-corrected chi connectivity index (χ2v) is 7.99. The van der Waals surface area contributed by atoms with Gasteiger partial charge in [-0.2, -0.15) is 0 Å². The molecule has 1 aliphatic heterocycles. The third kappa shape index (κ3) is 3.69. The highest BCUT2D eigenvalue weighted by Gasteiger charge is 2.48. The fraction of sp³-hybridized carbons (Fsp3) is 0.375. The predicted octanol–water partition coefficient (Wildman–Crippen LogP) is 4.32. The van der Waals surface area contributed by atoms with E-state index in [9.17, 15) is 14.4 Å². The molecule has 5 heteroatoms. The Bertz CT molecular complexity index is 908. The molecule has 0 aromatic heterocycles. The maximum atomic E-state index is 12.7. The lowest BCUT2D eigenvalue weighted by atomic mass is 9.81. The molecule has 1 saturated heterocycles. The Morgan fingerprint density at radius 1 is 0.931 bits per heavy atom. The summed E-state index contributed by atoms with van der Waals surface area (Å²) in [5, 5.41) is 0. The summed E-state index contributed by atoms with van der Waals surface area (Å²) in [5.41, 5.74) is 2.27. The number of amides is 2. The molecule has 1 saturated carbocycles. The molecule has 0 N–H and O–H groups in total. The molecule has 2 aromatic carbocycles. The molecule has 4 rings (SSSR count). The molecule has 29 heavy (non-hydrogen) atoms. The van der Waals surface area contributed by atoms with Crippen molar-refractivity contribution in [2.75, 3.05) is 4.90 Å². The summed E-state index contributed by atoms with van der Waals surface area (Å²) in [5.74, 6) is -0.0764. The SMILES string of the molecule is Cc1ccc(C(=O)[C@@H](C)Oc2ccc(N3C(=O)[C@H]4CCCC[C@H]4C3=O)cc2)cc1. The quantitative estimate of drug-likeness (QED) is 0.562. The third-order valence-corrected chi connectivity index (χ3v) is 5.95. The number of hydrogen-bond acceptors (Lipinski definition) is 4. The van der Waals surface area contributed by atoms with E-state index in [0.717, 1.165) is 31.2 Å². The molecule has 2 amide bonds. The monoisotopic (exact) mass is 391 g/mol. The van der Waals surface area contributed by atoms with Crippen LogP contribution in [0, 0.1) is 18.8 Å². The number of Topliss-reactive ketones (excluding diaryl/α,β-unsaturated/α-hetero) is 1. The Kier molecular flexibility index (Phi) is 5.22. The van der Waals surface area contributed by atoms with Crippen LogP contribution in [0.5, 0.6) is 5.75 Å². The maximum absolute atomic E-state index is 12.7. The van der Waals surface area contributed by atoms with Crippen LogP contribution in [0.1, 0.15) is 48.5 Å². The summed E-state index contributed by atoms with van der Waals surface area (Å²) in [6, 6.07) is 14.2. The van der Waals surface area contributed by atoms with Gasteiger partial charge < -0.3 is 4.74 Å². The minimum Gasteiger partial charge on any atom is -0.483 e. The van der Waals surface area contributed by atoms with E-state index in [4.69, 9.17) is 4.74 Å². The summed E-state index contributed by atoms with van der Waals surface area (Å²) >= 11 is 0. The zero-order valence-corrected chi connectivity index (χ0v) is 16.8. The van der Waals surface area contributed by atoms with E-state index in [1.54, 1.807) is 43.3 Å². The van der Waals surface area contributed by atoms with Crippen LogP contribution in [0.15, 0.2) is 48.5 Å². The molecule has 2 aliphatic rings. The Labute approximate surface area is 170 Å². The zero-order valence-electron chi connectivity index (χ0n) is 16.8. The molecule has 0 radical (unpaired) electrons. The highest BCUT2D eigenvalue weighted by molar-refractivity contribution is 6.22. The number of ketones is 1. The van der Waals surface area contributed by atoms with Crippen molar-refractivity contribution in [3.05, 3.63) is 59.7 Å². The average molecular weight is 391 g/mol. The molecule has 3 atom stereocenters. The van der Waals surface area contributed by atoms with E-state index < -0.39 is 6.10 Å². The summed E-state index contributed by atoms with van der Waals surface area (Å²) in [7, 11) is 0. The first-order chi connectivity index (χ1) is 14.0. The van der Waals surface area contributed by atoms with E-state index in [1.807, 2.05) is 19.1 Å². The van der Waals surface area contributed by atoms with E-state index >= 15 is 0 Å². The number of nitrogens with zero attached hydrogens (tertiary/aromatic N) is 1. The number of carbonyl (C=O) groups excluding carboxylic acids is 3. The van der Waals surface area contributed by atoms with Crippen molar-refractivity contribution in [1.82, 2.24) is 0 Å². The number of ether oxygens (including phenoxy) is 1. The van der Waals surface area contributed by atoms with Crippen LogP contribution >= 0.6 is 0 Å². The summed E-state index contributed by atoms with van der Waals surface area (Å²) in [6.45, 7) is 3.69. The minimum absolute atomic E-state index is 0.0868. The first-order valence-corrected chi connectivity index (χ1v) is 10.2. The fourth-order valence-electron chi connectivity index (χ4n) is 4.30. The van der Waals surface area contributed by atoms with Gasteiger partial charge in [0, 0.05) is 5.56 Å². The first-order valence-electron chi connectivity index (χ1n) is 10.2. The van der Waals surface area contributed by atoms with Gasteiger partial charge in [-0.05, 0) is 51.0 Å². The number of benzene rings is 2. The summed E-state index contributed by atoms with van der Waals surface area (Å²) in [6.07, 6.45) is 2.97. The lowest BCUT2D eigenvalue weighted by molar-refractivity contribution is -0.122. The van der Waals surface area contributed by atoms with E-state index in [-0.39, 0.29) is 29.4 Å². The average Bonchev–Trinajstić information content (AvgIpc) is 2.99. The lowest BCUT2D eigenvalue weighted by Gasteiger charge is -2.19. The Morgan fingerprint density at radius 2 is 1.48 bits per heavy atom. The lowest BCUT2D eigenvalue weighted by Crippen LogP contribution is -2.30. The normalized spacial score (nSPS) is 22.3. The van der Waals surface area contributed by atoms with Gasteiger partial charge in [0.15, 0.2) is 6.10 Å². The van der Waals surface area contributed by atoms with Crippen molar-refractivity contribution in [2.24, 2.45) is 11.8 Å². The maximum Gasteiger partial charge on any atom is 0.237 e. The molecular weight excluding hydrogens is 366 g/mol. The molecule has 1 aliphatic carbocycles. The van der Waals surface area contributed by atoms with Crippen LogP contribution in [0.3, 0.4) is 0 Å². The fourth-order valence-corrected chi connectivity index (χ4v) is 4.30. The van der Waals surface area contributed by atoms with Crippen LogP contribution in [0.25, 0.3) is 0 Å². The van der Waals surface area contributed by atoms with Crippen LogP contribution < -0.4 is 9.64 Å². The van der Waals surface area contributed by atoms with E-state index in [2.05, 4.69) is 0 Å². The highest BCUT2D eigenvalue weighted by atomic mass is 16.5. The second kappa shape index (κ2) is 7.82. The highest BCUT2D eigenvalue weighted by Crippen LogP contribution is 2.40. The van der Waals surface area contributed by atoms with Crippen molar-refractivity contribution >= 4 is 23.3 Å². The van der Waals surface area contributed by atoms with Gasteiger partial charge in [-0.1, -0.05) is 42.7 Å². The van der Waals surface area contributed by atoms with Crippen molar-refractivity contribution < 1.29 is 19.1 Å². The largest absolute Gasteiger partial charge is 0.483 e. The third-order valence-electron chi connectivity index (χ3n) is 5.95. The van der Waals surface area contributed by atoms with Gasteiger partial charge in [-0.25, -0.2) is 0 Å². The van der Waals surface area contributed by atoms with Crippen LogP contribution in [-0.4, -0.2) is 23.7 Å². The Balaban J connectivity index is 1.45.